The van der Waals surface area contributed by atoms with Crippen molar-refractivity contribution in [3.63, 3.8) is 0 Å². The lowest BCUT2D eigenvalue weighted by Gasteiger charge is -2.26. The average Bonchev–Trinajstić information content (AvgIpc) is 2.98. The molecule has 0 bridgehead atoms. The molecule has 2 rings (SSSR count). The Balaban J connectivity index is 2.05. The van der Waals surface area contributed by atoms with Crippen molar-refractivity contribution < 1.29 is 29.2 Å². The molecular formula is C13H19N5O6S. The van der Waals surface area contributed by atoms with E-state index in [4.69, 9.17) is 16.3 Å². The highest BCUT2D eigenvalue weighted by molar-refractivity contribution is 8.02. The predicted octanol–water partition coefficient (Wildman–Crippen LogP) is -1.39. The lowest BCUT2D eigenvalue weighted by Crippen LogP contribution is -2.41. The summed E-state index contributed by atoms with van der Waals surface area (Å²) in [5.41, 5.74) is 9.43. The zero-order valence-corrected chi connectivity index (χ0v) is 14.5. The highest BCUT2D eigenvalue weighted by Crippen LogP contribution is 2.39. The molecule has 11 nitrogen and oxygen atoms in total. The first-order chi connectivity index (χ1) is 11.8. The van der Waals surface area contributed by atoms with Crippen LogP contribution in [0.3, 0.4) is 0 Å². The number of oxime groups is 1. The Kier molecular flexibility index (Phi) is 5.55. The number of carbonyl (C=O) groups is 3. The molecular weight excluding hydrogens is 354 g/mol. The smallest absolute Gasteiger partial charge is 0.342 e. The number of hydroxylamine groups is 2. The molecule has 0 aromatic heterocycles. The van der Waals surface area contributed by atoms with Gasteiger partial charge in [0.2, 0.25) is 5.54 Å². The van der Waals surface area contributed by atoms with E-state index in [1.807, 2.05) is 0 Å². The second kappa shape index (κ2) is 7.29. The summed E-state index contributed by atoms with van der Waals surface area (Å²) in [5.74, 6) is -2.65. The molecule has 5 N–H and O–H groups in total. The average molecular weight is 373 g/mol. The van der Waals surface area contributed by atoms with Crippen molar-refractivity contribution in [2.24, 2.45) is 16.6 Å². The highest BCUT2D eigenvalue weighted by atomic mass is 32.2. The molecule has 2 amide bonds. The summed E-state index contributed by atoms with van der Waals surface area (Å²) in [6.45, 7) is 0.288. The molecule has 2 atom stereocenters. The molecule has 2 unspecified atom stereocenters. The van der Waals surface area contributed by atoms with Crippen LogP contribution in [0.25, 0.3) is 0 Å². The molecule has 2 aliphatic rings. The standard InChI is InChI=1S/C13H19N5O6S/c1-23-16-8(9(14)19)7-6-25-12(15)17(7)5-3-4-13(11(21)22)10(20)18(13)24-2/h6,12H,3-5,15H2,1-2H3,(H2,14,19)(H,21,22). The van der Waals surface area contributed by atoms with Gasteiger partial charge < -0.3 is 26.3 Å². The fourth-order valence-electron chi connectivity index (χ4n) is 2.64. The van der Waals surface area contributed by atoms with E-state index in [9.17, 15) is 19.5 Å². The fraction of sp³-hybridized carbons (Fsp3) is 0.538. The number of nitrogens with two attached hydrogens (primary N) is 2. The number of carbonyl (C=O) groups excluding carboxylic acids is 2. The molecule has 0 aliphatic carbocycles. The SMILES string of the molecule is CON=C(C(N)=O)C1=CSC(N)N1CCCC1(C(=O)O)C(=O)N1OC. The second-order valence-electron chi connectivity index (χ2n) is 5.26. The minimum Gasteiger partial charge on any atom is -0.479 e. The van der Waals surface area contributed by atoms with Crippen molar-refractivity contribution in [2.75, 3.05) is 20.8 Å². The molecule has 138 valence electrons. The fourth-order valence-corrected chi connectivity index (χ4v) is 3.52. The van der Waals surface area contributed by atoms with Gasteiger partial charge in [-0.05, 0) is 12.8 Å². The number of thioether (sulfide) groups is 1. The van der Waals surface area contributed by atoms with Crippen LogP contribution in [-0.4, -0.2) is 70.4 Å². The van der Waals surface area contributed by atoms with Crippen LogP contribution in [0.15, 0.2) is 16.3 Å². The van der Waals surface area contributed by atoms with E-state index in [1.165, 1.54) is 26.0 Å². The molecule has 0 saturated carbocycles. The van der Waals surface area contributed by atoms with Crippen LogP contribution >= 0.6 is 11.8 Å². The first kappa shape index (κ1) is 19.0. The zero-order valence-electron chi connectivity index (χ0n) is 13.7. The number of nitrogens with zero attached hydrogens (tertiary/aromatic N) is 3. The van der Waals surface area contributed by atoms with E-state index in [2.05, 4.69) is 9.99 Å². The number of carboxylic acids is 1. The van der Waals surface area contributed by atoms with Crippen molar-refractivity contribution in [1.82, 2.24) is 9.96 Å². The Labute approximate surface area is 147 Å². The van der Waals surface area contributed by atoms with Crippen molar-refractivity contribution in [2.45, 2.75) is 23.9 Å². The minimum absolute atomic E-state index is 0.0312. The van der Waals surface area contributed by atoms with E-state index >= 15 is 0 Å². The van der Waals surface area contributed by atoms with Gasteiger partial charge in [-0.25, -0.2) is 4.79 Å². The van der Waals surface area contributed by atoms with Gasteiger partial charge >= 0.3 is 5.97 Å². The maximum Gasteiger partial charge on any atom is 0.342 e. The number of carboxylic acid groups (broad SMARTS) is 1. The number of amides is 2. The summed E-state index contributed by atoms with van der Waals surface area (Å²) in [6, 6.07) is 0. The van der Waals surface area contributed by atoms with E-state index < -0.39 is 28.8 Å². The second-order valence-corrected chi connectivity index (χ2v) is 6.25. The van der Waals surface area contributed by atoms with Crippen LogP contribution < -0.4 is 11.5 Å². The van der Waals surface area contributed by atoms with Crippen LogP contribution in [0.5, 0.6) is 0 Å². The predicted molar refractivity (Wildman–Crippen MR) is 87.4 cm³/mol. The largest absolute Gasteiger partial charge is 0.479 e. The van der Waals surface area contributed by atoms with Crippen LogP contribution in [0.1, 0.15) is 12.8 Å². The van der Waals surface area contributed by atoms with E-state index in [1.54, 1.807) is 10.3 Å². The Bertz CT molecular complexity index is 653. The van der Waals surface area contributed by atoms with Crippen LogP contribution in [0.2, 0.25) is 0 Å². The topological polar surface area (TPSA) is 161 Å². The molecule has 0 aromatic rings. The van der Waals surface area contributed by atoms with Gasteiger partial charge in [-0.2, -0.15) is 5.06 Å². The Morgan fingerprint density at radius 1 is 1.48 bits per heavy atom. The maximum atomic E-state index is 11.7. The molecule has 0 radical (unpaired) electrons. The number of rotatable bonds is 9. The summed E-state index contributed by atoms with van der Waals surface area (Å²) >= 11 is 1.25. The van der Waals surface area contributed by atoms with Gasteiger partial charge in [-0.3, -0.25) is 14.4 Å². The quantitative estimate of drug-likeness (QED) is 0.191. The summed E-state index contributed by atoms with van der Waals surface area (Å²) in [5, 5.41) is 15.4. The summed E-state index contributed by atoms with van der Waals surface area (Å²) in [7, 11) is 2.52. The summed E-state index contributed by atoms with van der Waals surface area (Å²) in [4.78, 5) is 45.7. The molecule has 12 heteroatoms. The van der Waals surface area contributed by atoms with E-state index in [0.717, 1.165) is 5.06 Å². The normalized spacial score (nSPS) is 25.9. The third kappa shape index (κ3) is 3.27. The van der Waals surface area contributed by atoms with Gasteiger partial charge in [0, 0.05) is 12.0 Å². The Morgan fingerprint density at radius 2 is 2.16 bits per heavy atom. The van der Waals surface area contributed by atoms with Gasteiger partial charge in [-0.1, -0.05) is 16.9 Å². The van der Waals surface area contributed by atoms with Gasteiger partial charge in [-0.15, -0.1) is 0 Å². The van der Waals surface area contributed by atoms with Crippen LogP contribution in [0.4, 0.5) is 0 Å². The zero-order chi connectivity index (χ0) is 18.8. The summed E-state index contributed by atoms with van der Waals surface area (Å²) in [6.07, 6.45) is 0.339. The third-order valence-corrected chi connectivity index (χ3v) is 4.80. The van der Waals surface area contributed by atoms with Gasteiger partial charge in [0.1, 0.15) is 12.6 Å². The number of hydrogen-bond acceptors (Lipinski definition) is 9. The summed E-state index contributed by atoms with van der Waals surface area (Å²) < 4.78 is 0. The molecule has 1 saturated heterocycles. The minimum atomic E-state index is -1.66. The van der Waals surface area contributed by atoms with Gasteiger partial charge in [0.25, 0.3) is 11.8 Å². The Hall–Kier alpha value is -2.31. The van der Waals surface area contributed by atoms with Crippen LogP contribution in [-0.2, 0) is 24.1 Å². The van der Waals surface area contributed by atoms with Gasteiger partial charge in [0.15, 0.2) is 5.71 Å². The first-order valence-corrected chi connectivity index (χ1v) is 8.16. The van der Waals surface area contributed by atoms with E-state index in [0.29, 0.717) is 12.1 Å². The third-order valence-electron chi connectivity index (χ3n) is 3.90. The molecule has 25 heavy (non-hydrogen) atoms. The molecule has 0 spiro atoms. The monoisotopic (exact) mass is 373 g/mol. The number of primary amides is 1. The molecule has 1 fully saturated rings. The lowest BCUT2D eigenvalue weighted by molar-refractivity contribution is -0.150. The van der Waals surface area contributed by atoms with Crippen LogP contribution in [0, 0.1) is 0 Å². The first-order valence-electron chi connectivity index (χ1n) is 7.22. The molecule has 2 aliphatic heterocycles. The van der Waals surface area contributed by atoms with Crippen molar-refractivity contribution in [1.29, 1.82) is 0 Å². The number of aliphatic carboxylic acids is 1. The maximum absolute atomic E-state index is 11.7. The lowest BCUT2D eigenvalue weighted by atomic mass is 10.0. The number of hydrogen-bond donors (Lipinski definition) is 3. The molecule has 0 aromatic carbocycles. The Morgan fingerprint density at radius 3 is 2.64 bits per heavy atom. The van der Waals surface area contributed by atoms with Crippen molar-refractivity contribution in [3.8, 4) is 0 Å². The van der Waals surface area contributed by atoms with Gasteiger partial charge in [0.05, 0.1) is 12.8 Å². The molecule has 2 heterocycles. The van der Waals surface area contributed by atoms with E-state index in [-0.39, 0.29) is 18.7 Å². The van der Waals surface area contributed by atoms with Crippen molar-refractivity contribution >= 4 is 35.3 Å². The highest BCUT2D eigenvalue weighted by Gasteiger charge is 2.70. The van der Waals surface area contributed by atoms with Crippen molar-refractivity contribution in [3.05, 3.63) is 11.1 Å².